The van der Waals surface area contributed by atoms with Crippen molar-refractivity contribution in [2.24, 2.45) is 0 Å². The van der Waals surface area contributed by atoms with Crippen molar-refractivity contribution >= 4 is 0 Å². The Morgan fingerprint density at radius 3 is 2.25 bits per heavy atom. The maximum Gasteiger partial charge on any atom is 0.127 e. The molecule has 0 aliphatic carbocycles. The third-order valence-corrected chi connectivity index (χ3v) is 3.09. The van der Waals surface area contributed by atoms with Gasteiger partial charge in [0.1, 0.15) is 11.5 Å². The molecule has 1 heterocycles. The van der Waals surface area contributed by atoms with Gasteiger partial charge in [-0.3, -0.25) is 0 Å². The zero-order chi connectivity index (χ0) is 13.8. The van der Waals surface area contributed by atoms with Crippen molar-refractivity contribution in [3.63, 3.8) is 0 Å². The van der Waals surface area contributed by atoms with Crippen molar-refractivity contribution in [1.82, 2.24) is 15.4 Å². The molecule has 4 heteroatoms. The quantitative estimate of drug-likeness (QED) is 0.785. The number of nitrogens with one attached hydrogen (secondary N) is 1. The van der Waals surface area contributed by atoms with Crippen molar-refractivity contribution in [3.8, 4) is 11.5 Å². The minimum Gasteiger partial charge on any atom is -0.457 e. The highest BCUT2D eigenvalue weighted by Gasteiger charge is 2.04. The van der Waals surface area contributed by atoms with Crippen LogP contribution in [-0.4, -0.2) is 15.4 Å². The topological polar surface area (TPSA) is 50.8 Å². The molecule has 0 atom stereocenters. The number of para-hydroxylation sites is 1. The zero-order valence-corrected chi connectivity index (χ0v) is 11.2. The van der Waals surface area contributed by atoms with Crippen LogP contribution in [0.5, 0.6) is 11.5 Å². The first kappa shape index (κ1) is 12.4. The molecule has 0 saturated heterocycles. The van der Waals surface area contributed by atoms with Crippen LogP contribution >= 0.6 is 0 Å². The summed E-state index contributed by atoms with van der Waals surface area (Å²) in [6.07, 6.45) is 0.772. The number of aryl methyl sites for hydroxylation is 1. The van der Waals surface area contributed by atoms with E-state index < -0.39 is 0 Å². The summed E-state index contributed by atoms with van der Waals surface area (Å²) in [5, 5.41) is 10.8. The number of aromatic nitrogens is 3. The first-order valence-corrected chi connectivity index (χ1v) is 6.49. The SMILES string of the molecule is Cc1n[nH]nc1Cc1ccc(Oc2ccccc2)cc1. The number of H-pyrrole nitrogens is 1. The van der Waals surface area contributed by atoms with Gasteiger partial charge in [0.2, 0.25) is 0 Å². The Hall–Kier alpha value is -2.62. The minimum absolute atomic E-state index is 0.772. The molecular weight excluding hydrogens is 250 g/mol. The van der Waals surface area contributed by atoms with Gasteiger partial charge in [0.15, 0.2) is 0 Å². The predicted octanol–water partition coefficient (Wildman–Crippen LogP) is 3.50. The van der Waals surface area contributed by atoms with Gasteiger partial charge >= 0.3 is 0 Å². The standard InChI is InChI=1S/C16H15N3O/c1-12-16(18-19-17-12)11-13-7-9-15(10-8-13)20-14-5-3-2-4-6-14/h2-10H,11H2,1H3,(H,17,18,19). The molecule has 0 aliphatic rings. The van der Waals surface area contributed by atoms with Crippen molar-refractivity contribution in [3.05, 3.63) is 71.5 Å². The van der Waals surface area contributed by atoms with E-state index in [9.17, 15) is 0 Å². The van der Waals surface area contributed by atoms with Gasteiger partial charge in [-0.1, -0.05) is 30.3 Å². The van der Waals surface area contributed by atoms with Gasteiger partial charge in [0.05, 0.1) is 11.4 Å². The highest BCUT2D eigenvalue weighted by molar-refractivity contribution is 5.34. The Bertz CT molecular complexity index is 674. The van der Waals surface area contributed by atoms with Crippen LogP contribution in [0.1, 0.15) is 17.0 Å². The van der Waals surface area contributed by atoms with E-state index >= 15 is 0 Å². The Labute approximate surface area is 117 Å². The summed E-state index contributed by atoms with van der Waals surface area (Å²) >= 11 is 0. The fourth-order valence-electron chi connectivity index (χ4n) is 1.97. The fourth-order valence-corrected chi connectivity index (χ4v) is 1.97. The molecule has 1 N–H and O–H groups in total. The summed E-state index contributed by atoms with van der Waals surface area (Å²) in [7, 11) is 0. The lowest BCUT2D eigenvalue weighted by Crippen LogP contribution is -1.91. The Morgan fingerprint density at radius 2 is 1.60 bits per heavy atom. The van der Waals surface area contributed by atoms with Gasteiger partial charge in [0.25, 0.3) is 0 Å². The first-order chi connectivity index (χ1) is 9.81. The predicted molar refractivity (Wildman–Crippen MR) is 76.9 cm³/mol. The van der Waals surface area contributed by atoms with Gasteiger partial charge in [0, 0.05) is 6.42 Å². The smallest absolute Gasteiger partial charge is 0.127 e. The minimum atomic E-state index is 0.772. The van der Waals surface area contributed by atoms with Crippen molar-refractivity contribution in [1.29, 1.82) is 0 Å². The number of rotatable bonds is 4. The molecule has 100 valence electrons. The van der Waals surface area contributed by atoms with Gasteiger partial charge in [-0.05, 0) is 36.8 Å². The first-order valence-electron chi connectivity index (χ1n) is 6.49. The van der Waals surface area contributed by atoms with Crippen LogP contribution in [0.25, 0.3) is 0 Å². The van der Waals surface area contributed by atoms with Crippen LogP contribution in [0.15, 0.2) is 54.6 Å². The van der Waals surface area contributed by atoms with Gasteiger partial charge in [-0.2, -0.15) is 15.4 Å². The summed E-state index contributed by atoms with van der Waals surface area (Å²) in [6, 6.07) is 17.8. The van der Waals surface area contributed by atoms with Gasteiger partial charge < -0.3 is 4.74 Å². The largest absolute Gasteiger partial charge is 0.457 e. The molecule has 2 aromatic carbocycles. The second kappa shape index (κ2) is 5.57. The second-order valence-corrected chi connectivity index (χ2v) is 4.59. The van der Waals surface area contributed by atoms with E-state index in [1.807, 2.05) is 61.5 Å². The van der Waals surface area contributed by atoms with Crippen LogP contribution in [0, 0.1) is 6.92 Å². The molecule has 0 bridgehead atoms. The van der Waals surface area contributed by atoms with Crippen LogP contribution in [0.4, 0.5) is 0 Å². The Balaban J connectivity index is 1.70. The molecule has 0 aliphatic heterocycles. The highest BCUT2D eigenvalue weighted by Crippen LogP contribution is 2.21. The van der Waals surface area contributed by atoms with Crippen LogP contribution in [0.2, 0.25) is 0 Å². The fraction of sp³-hybridized carbons (Fsp3) is 0.125. The molecule has 0 radical (unpaired) electrons. The molecule has 0 saturated carbocycles. The summed E-state index contributed by atoms with van der Waals surface area (Å²) in [5.74, 6) is 1.67. The van der Waals surface area contributed by atoms with E-state index in [0.717, 1.165) is 29.3 Å². The number of hydrogen-bond acceptors (Lipinski definition) is 3. The van der Waals surface area contributed by atoms with Gasteiger partial charge in [-0.15, -0.1) is 0 Å². The zero-order valence-electron chi connectivity index (χ0n) is 11.2. The maximum absolute atomic E-state index is 5.76. The Kier molecular flexibility index (Phi) is 3.46. The van der Waals surface area contributed by atoms with E-state index in [4.69, 9.17) is 4.74 Å². The molecular formula is C16H15N3O. The monoisotopic (exact) mass is 265 g/mol. The van der Waals surface area contributed by atoms with Gasteiger partial charge in [-0.25, -0.2) is 0 Å². The number of hydrogen-bond donors (Lipinski definition) is 1. The highest BCUT2D eigenvalue weighted by atomic mass is 16.5. The summed E-state index contributed by atoms with van der Waals surface area (Å²) in [6.45, 7) is 1.95. The molecule has 0 amide bonds. The molecule has 3 aromatic rings. The molecule has 20 heavy (non-hydrogen) atoms. The lowest BCUT2D eigenvalue weighted by molar-refractivity contribution is 0.482. The molecule has 1 aromatic heterocycles. The van der Waals surface area contributed by atoms with Crippen LogP contribution < -0.4 is 4.74 Å². The van der Waals surface area contributed by atoms with Crippen molar-refractivity contribution < 1.29 is 4.74 Å². The molecule has 3 rings (SSSR count). The number of aromatic amines is 1. The summed E-state index contributed by atoms with van der Waals surface area (Å²) in [5.41, 5.74) is 3.10. The van der Waals surface area contributed by atoms with E-state index in [2.05, 4.69) is 15.4 Å². The number of ether oxygens (including phenoxy) is 1. The maximum atomic E-state index is 5.76. The lowest BCUT2D eigenvalue weighted by Gasteiger charge is -2.06. The second-order valence-electron chi connectivity index (χ2n) is 4.59. The summed E-state index contributed by atoms with van der Waals surface area (Å²) in [4.78, 5) is 0. The van der Waals surface area contributed by atoms with E-state index in [0.29, 0.717) is 0 Å². The number of nitrogens with zero attached hydrogens (tertiary/aromatic N) is 2. The van der Waals surface area contributed by atoms with Crippen molar-refractivity contribution in [2.45, 2.75) is 13.3 Å². The molecule has 0 fully saturated rings. The Morgan fingerprint density at radius 1 is 0.900 bits per heavy atom. The van der Waals surface area contributed by atoms with Crippen molar-refractivity contribution in [2.75, 3.05) is 0 Å². The van der Waals surface area contributed by atoms with Crippen LogP contribution in [0.3, 0.4) is 0 Å². The normalized spacial score (nSPS) is 10.4. The average Bonchev–Trinajstić information content (AvgIpc) is 2.88. The van der Waals surface area contributed by atoms with E-state index in [1.54, 1.807) is 0 Å². The number of benzene rings is 2. The van der Waals surface area contributed by atoms with E-state index in [-0.39, 0.29) is 0 Å². The van der Waals surface area contributed by atoms with E-state index in [1.165, 1.54) is 5.56 Å². The third-order valence-electron chi connectivity index (χ3n) is 3.09. The summed E-state index contributed by atoms with van der Waals surface area (Å²) < 4.78 is 5.76. The third kappa shape index (κ3) is 2.85. The lowest BCUT2D eigenvalue weighted by atomic mass is 10.1. The molecule has 0 unspecified atom stereocenters. The molecule has 4 nitrogen and oxygen atoms in total. The van der Waals surface area contributed by atoms with Crippen LogP contribution in [-0.2, 0) is 6.42 Å². The molecule has 0 spiro atoms. The average molecular weight is 265 g/mol.